The van der Waals surface area contributed by atoms with Crippen LogP contribution in [0.4, 0.5) is 0 Å². The molecule has 16 unspecified atom stereocenters. The molecule has 0 amide bonds. The molecule has 3 aromatic carbocycles. The molecule has 122 heavy (non-hydrogen) atoms. The van der Waals surface area contributed by atoms with Gasteiger partial charge in [-0.3, -0.25) is 38.4 Å². The summed E-state index contributed by atoms with van der Waals surface area (Å²) in [4.78, 5) is 166. The maximum Gasteiger partial charge on any atom is 0.344 e. The molecule has 10 fully saturated rings. The fourth-order valence-corrected chi connectivity index (χ4v) is 17.1. The minimum absolute atomic E-state index is 0.0425. The van der Waals surface area contributed by atoms with Gasteiger partial charge in [0, 0.05) is 18.3 Å². The summed E-state index contributed by atoms with van der Waals surface area (Å²) in [6, 6.07) is 22.6. The number of hydrogen-bond acceptors (Lipinski definition) is 30. The first-order valence-electron chi connectivity index (χ1n) is 42.2. The van der Waals surface area contributed by atoms with Crippen molar-refractivity contribution < 1.29 is 143 Å². The summed E-state index contributed by atoms with van der Waals surface area (Å²) in [5.41, 5.74) is 0.460. The maximum absolute atomic E-state index is 12.4. The second-order valence-corrected chi connectivity index (χ2v) is 35.0. The maximum atomic E-state index is 12.4. The highest BCUT2D eigenvalue weighted by Crippen LogP contribution is 2.65. The van der Waals surface area contributed by atoms with Crippen molar-refractivity contribution in [1.29, 1.82) is 0 Å². The smallest absolute Gasteiger partial charge is 0.344 e. The Hall–Kier alpha value is -10.0. The summed E-state index contributed by atoms with van der Waals surface area (Å²) >= 11 is 0. The van der Waals surface area contributed by atoms with Crippen LogP contribution in [0.25, 0.3) is 0 Å². The molecule has 0 radical (unpaired) electrons. The summed E-state index contributed by atoms with van der Waals surface area (Å²) in [6.07, 6.45) is 6.92. The van der Waals surface area contributed by atoms with Crippen LogP contribution in [0, 0.1) is 62.6 Å². The minimum Gasteiger partial charge on any atom is -0.482 e. The van der Waals surface area contributed by atoms with E-state index in [0.29, 0.717) is 78.6 Å². The van der Waals surface area contributed by atoms with Gasteiger partial charge in [0.25, 0.3) is 0 Å². The van der Waals surface area contributed by atoms with Gasteiger partial charge >= 0.3 is 83.6 Å². The minimum atomic E-state index is -1.26. The number of fused-ring (bicyclic) bond motifs is 2. The van der Waals surface area contributed by atoms with Crippen molar-refractivity contribution in [2.75, 3.05) is 69.1 Å². The van der Waals surface area contributed by atoms with Gasteiger partial charge < -0.3 is 75.8 Å². The third-order valence-electron chi connectivity index (χ3n) is 25.9. The summed E-state index contributed by atoms with van der Waals surface area (Å²) in [6.45, 7) is 27.9. The summed E-state index contributed by atoms with van der Waals surface area (Å²) in [5.74, 6) is -5.47. The van der Waals surface area contributed by atoms with E-state index in [-0.39, 0.29) is 62.0 Å². The van der Waals surface area contributed by atoms with Crippen LogP contribution in [0.2, 0.25) is 0 Å². The normalized spacial score (nSPS) is 26.5. The van der Waals surface area contributed by atoms with E-state index < -0.39 is 147 Å². The van der Waals surface area contributed by atoms with Crippen molar-refractivity contribution in [3.05, 3.63) is 101 Å². The van der Waals surface area contributed by atoms with Crippen LogP contribution in [-0.2, 0) is 129 Å². The molecule has 3 aromatic rings. The van der Waals surface area contributed by atoms with Gasteiger partial charge in [-0.2, -0.15) is 0 Å². The molecule has 6 aliphatic carbocycles. The molecule has 30 nitrogen and oxygen atoms in total. The second-order valence-electron chi connectivity index (χ2n) is 35.0. The Kier molecular flexibility index (Phi) is 34.8. The number of esters is 14. The molecule has 4 saturated heterocycles. The lowest BCUT2D eigenvalue weighted by Gasteiger charge is -2.59. The molecule has 0 N–H and O–H groups in total. The average molecular weight is 1710 g/mol. The van der Waals surface area contributed by atoms with Gasteiger partial charge in [0.2, 0.25) is 0 Å². The lowest BCUT2D eigenvalue weighted by Crippen LogP contribution is -2.60. The van der Waals surface area contributed by atoms with Gasteiger partial charge in [0.1, 0.15) is 47.6 Å². The molecule has 4 aliphatic heterocycles. The SMILES string of the molecule is CCC(C)(C)C(=O)OC1C2OC(=O)C3C2OC1C3C(=O)OC.CCC(C)(C)C(=O)OCC(=O)OC12CC3CC(C1)CC(C(=O)OC)(C3)C2.CCC(C)(C)C(=O)OCC(=O)OC1C2CC3C1OC(=O)C3(C(=O)OC)C2.CCC(C)c1ccc(C(=O)OC)cc1.CCC(C)c1ccc(C(=O)OCC(=O)OC)cc1.CCC(C)c1ccc(OCC(=O)OC)cc1. The lowest BCUT2D eigenvalue weighted by atomic mass is 9.48. The lowest BCUT2D eigenvalue weighted by molar-refractivity contribution is -0.214. The van der Waals surface area contributed by atoms with Crippen LogP contribution in [0.5, 0.6) is 5.75 Å². The number of methoxy groups -OCH3 is 6. The van der Waals surface area contributed by atoms with E-state index in [9.17, 15) is 67.1 Å². The first-order valence-corrected chi connectivity index (χ1v) is 42.2. The van der Waals surface area contributed by atoms with E-state index >= 15 is 0 Å². The first-order chi connectivity index (χ1) is 57.5. The molecule has 0 aromatic heterocycles. The van der Waals surface area contributed by atoms with Gasteiger partial charge in [0.15, 0.2) is 44.1 Å². The molecular formula is C92H126O30. The van der Waals surface area contributed by atoms with Gasteiger partial charge in [-0.05, 0) is 208 Å². The zero-order valence-corrected chi connectivity index (χ0v) is 74.6. The fraction of sp³-hybridized carbons (Fsp3) is 0.652. The van der Waals surface area contributed by atoms with Crippen molar-refractivity contribution in [2.24, 2.45) is 62.6 Å². The van der Waals surface area contributed by atoms with E-state index in [1.165, 1.54) is 59.3 Å². The van der Waals surface area contributed by atoms with Crippen LogP contribution >= 0.6 is 0 Å². The third kappa shape index (κ3) is 23.3. The number of rotatable bonds is 29. The number of hydrogen-bond donors (Lipinski definition) is 0. The van der Waals surface area contributed by atoms with Crippen molar-refractivity contribution >= 4 is 83.6 Å². The highest BCUT2D eigenvalue weighted by atomic mass is 16.7. The van der Waals surface area contributed by atoms with Gasteiger partial charge in [-0.25, -0.2) is 28.8 Å². The Balaban J connectivity index is 0.000000204. The van der Waals surface area contributed by atoms with Crippen molar-refractivity contribution in [3.63, 3.8) is 0 Å². The third-order valence-corrected chi connectivity index (χ3v) is 25.9. The largest absolute Gasteiger partial charge is 0.482 e. The fourth-order valence-electron chi connectivity index (χ4n) is 17.1. The topological polar surface area (TPSA) is 387 Å². The van der Waals surface area contributed by atoms with Crippen molar-refractivity contribution in [3.8, 4) is 5.75 Å². The predicted molar refractivity (Wildman–Crippen MR) is 437 cm³/mol. The van der Waals surface area contributed by atoms with Crippen molar-refractivity contribution in [2.45, 2.75) is 254 Å². The number of benzene rings is 3. The standard InChI is InChI=1S/C20H30O6.C18H24O8.C15H20O7.C14H18O4.C13H18O3.C12H16O2/c1-5-18(2,3)16(22)25-11-15(21)26-20-9-13-6-14(10-20)8-19(7-13,12-20)17(23)24-4;1-5-17(2,3)14(20)24-8-11(19)25-12-9-6-10-13(12)26-16(22)18(10,7-9)15(21)23-4;1-5-15(2,3)14(18)22-11-8-6(12(16)19-4)7-9(20-8)10(11)21-13(7)17;1-4-10(2)11-5-7-12(8-6-11)14(16)18-9-13(15)17-3;1-4-10(2)11-5-7-12(8-6-11)16-9-13(14)15-3;1-4-9(2)10-5-7-11(8-6-10)12(13)14-3/h13-14H,5-12H2,1-4H3;9-10,12-13H,5-8H2,1-4H3;6-11H,5H2,1-4H3;5-8,10H,4,9H2,1-3H3;5-8,10H,4,9H2,1-3H3;5-9H,4H2,1-3H3. The van der Waals surface area contributed by atoms with Crippen LogP contribution < -0.4 is 4.74 Å². The molecule has 10 aliphatic rings. The Bertz CT molecular complexity index is 4160. The molecular weight excluding hydrogens is 1580 g/mol. The Morgan fingerprint density at radius 2 is 0.918 bits per heavy atom. The number of carbonyl (C=O) groups excluding carboxylic acids is 14. The molecule has 674 valence electrons. The van der Waals surface area contributed by atoms with Crippen LogP contribution in [0.1, 0.15) is 249 Å². The Labute approximate surface area is 715 Å². The number of carbonyl (C=O) groups is 14. The Morgan fingerprint density at radius 1 is 0.451 bits per heavy atom. The van der Waals surface area contributed by atoms with E-state index in [4.69, 9.17) is 61.6 Å². The first kappa shape index (κ1) is 99.1. The van der Waals surface area contributed by atoms with Gasteiger partial charge in [-0.1, -0.05) is 98.7 Å². The predicted octanol–water partition coefficient (Wildman–Crippen LogP) is 12.7. The van der Waals surface area contributed by atoms with E-state index in [1.54, 1.807) is 53.7 Å². The molecule has 16 atom stereocenters. The summed E-state index contributed by atoms with van der Waals surface area (Å²) < 4.78 is 81.5. The van der Waals surface area contributed by atoms with Crippen LogP contribution in [-0.4, -0.2) is 195 Å². The summed E-state index contributed by atoms with van der Waals surface area (Å²) in [5, 5.41) is 0. The Morgan fingerprint density at radius 3 is 1.39 bits per heavy atom. The van der Waals surface area contributed by atoms with E-state index in [2.05, 4.69) is 55.8 Å². The highest BCUT2D eigenvalue weighted by molar-refractivity contribution is 6.03. The zero-order chi connectivity index (χ0) is 90.7. The van der Waals surface area contributed by atoms with E-state index in [1.807, 2.05) is 81.4 Å². The molecule has 6 saturated carbocycles. The number of ether oxygens (including phenoxy) is 16. The molecule has 8 bridgehead atoms. The van der Waals surface area contributed by atoms with Crippen molar-refractivity contribution in [1.82, 2.24) is 0 Å². The van der Waals surface area contributed by atoms with Gasteiger partial charge in [-0.15, -0.1) is 0 Å². The average Bonchev–Trinajstić information content (AvgIpc) is 1.27. The monoisotopic (exact) mass is 1710 g/mol. The molecule has 13 rings (SSSR count). The van der Waals surface area contributed by atoms with Gasteiger partial charge in [0.05, 0.1) is 75.4 Å². The van der Waals surface area contributed by atoms with E-state index in [0.717, 1.165) is 51.4 Å². The second kappa shape index (κ2) is 42.9. The zero-order valence-electron chi connectivity index (χ0n) is 74.6. The molecule has 30 heteroatoms. The molecule has 0 spiro atoms. The quantitative estimate of drug-likeness (QED) is 0.0354. The summed E-state index contributed by atoms with van der Waals surface area (Å²) in [7, 11) is 7.91. The molecule has 4 heterocycles. The van der Waals surface area contributed by atoms with Crippen LogP contribution in [0.3, 0.4) is 0 Å². The highest BCUT2D eigenvalue weighted by Gasteiger charge is 2.76. The van der Waals surface area contributed by atoms with Crippen LogP contribution in [0.15, 0.2) is 72.8 Å².